The Balaban J connectivity index is 2.18. The van der Waals surface area contributed by atoms with E-state index in [0.29, 0.717) is 10.0 Å². The number of hydrogen-bond donors (Lipinski definition) is 2. The standard InChI is InChI=1S/C12H13ClN2O2S/c1-12(2,17)6-15-11(16)9-3-7-5-14-10(13)4-8(7)18-9/h3-5,17H,6H2,1-2H3,(H,15,16). The second-order valence-electron chi connectivity index (χ2n) is 4.65. The number of fused-ring (bicyclic) bond motifs is 1. The Morgan fingerprint density at radius 3 is 2.94 bits per heavy atom. The molecular weight excluding hydrogens is 272 g/mol. The number of aliphatic hydroxyl groups is 1. The molecule has 2 heterocycles. The molecule has 96 valence electrons. The van der Waals surface area contributed by atoms with Gasteiger partial charge in [-0.3, -0.25) is 4.79 Å². The van der Waals surface area contributed by atoms with E-state index < -0.39 is 5.60 Å². The molecule has 0 atom stereocenters. The Morgan fingerprint density at radius 1 is 1.56 bits per heavy atom. The fourth-order valence-corrected chi connectivity index (χ4v) is 2.62. The van der Waals surface area contributed by atoms with Crippen molar-refractivity contribution in [2.75, 3.05) is 6.54 Å². The summed E-state index contributed by atoms with van der Waals surface area (Å²) in [4.78, 5) is 16.4. The quantitative estimate of drug-likeness (QED) is 0.851. The van der Waals surface area contributed by atoms with E-state index in [1.54, 1.807) is 32.2 Å². The van der Waals surface area contributed by atoms with E-state index in [4.69, 9.17) is 11.6 Å². The molecule has 2 rings (SSSR count). The van der Waals surface area contributed by atoms with E-state index in [1.165, 1.54) is 11.3 Å². The number of carbonyl (C=O) groups is 1. The van der Waals surface area contributed by atoms with E-state index in [-0.39, 0.29) is 12.5 Å². The monoisotopic (exact) mass is 284 g/mol. The molecule has 0 aromatic carbocycles. The molecule has 0 spiro atoms. The topological polar surface area (TPSA) is 62.2 Å². The zero-order chi connectivity index (χ0) is 13.3. The minimum atomic E-state index is -0.919. The third-order valence-corrected chi connectivity index (χ3v) is 3.58. The summed E-state index contributed by atoms with van der Waals surface area (Å²) in [6, 6.07) is 3.50. The molecular formula is C12H13ClN2O2S. The first-order valence-corrected chi connectivity index (χ1v) is 6.60. The number of pyridine rings is 1. The number of thiophene rings is 1. The van der Waals surface area contributed by atoms with Crippen LogP contribution in [0.25, 0.3) is 10.1 Å². The van der Waals surface area contributed by atoms with Crippen molar-refractivity contribution in [2.45, 2.75) is 19.4 Å². The van der Waals surface area contributed by atoms with Gasteiger partial charge in [-0.1, -0.05) is 11.6 Å². The average Bonchev–Trinajstić information content (AvgIpc) is 2.67. The van der Waals surface area contributed by atoms with Crippen LogP contribution < -0.4 is 5.32 Å². The third-order valence-electron chi connectivity index (χ3n) is 2.27. The molecule has 0 saturated heterocycles. The van der Waals surface area contributed by atoms with E-state index in [0.717, 1.165) is 10.1 Å². The van der Waals surface area contributed by atoms with Crippen molar-refractivity contribution in [3.8, 4) is 0 Å². The number of nitrogens with zero attached hydrogens (tertiary/aromatic N) is 1. The summed E-state index contributed by atoms with van der Waals surface area (Å²) in [5.41, 5.74) is -0.919. The number of nitrogens with one attached hydrogen (secondary N) is 1. The van der Waals surface area contributed by atoms with Crippen molar-refractivity contribution in [1.82, 2.24) is 10.3 Å². The van der Waals surface area contributed by atoms with Gasteiger partial charge < -0.3 is 10.4 Å². The first-order chi connectivity index (χ1) is 8.35. The maximum absolute atomic E-state index is 11.9. The van der Waals surface area contributed by atoms with Gasteiger partial charge in [0.25, 0.3) is 5.91 Å². The summed E-state index contributed by atoms with van der Waals surface area (Å²) >= 11 is 7.14. The highest BCUT2D eigenvalue weighted by Gasteiger charge is 2.16. The van der Waals surface area contributed by atoms with Crippen LogP contribution in [-0.2, 0) is 0 Å². The first kappa shape index (κ1) is 13.3. The Labute approximate surface area is 114 Å². The molecule has 2 aromatic heterocycles. The van der Waals surface area contributed by atoms with Gasteiger partial charge >= 0.3 is 0 Å². The van der Waals surface area contributed by atoms with Crippen molar-refractivity contribution >= 4 is 38.9 Å². The van der Waals surface area contributed by atoms with Crippen LogP contribution in [0.5, 0.6) is 0 Å². The van der Waals surface area contributed by atoms with Crippen molar-refractivity contribution in [3.63, 3.8) is 0 Å². The van der Waals surface area contributed by atoms with Crippen molar-refractivity contribution < 1.29 is 9.90 Å². The Morgan fingerprint density at radius 2 is 2.28 bits per heavy atom. The number of amides is 1. The fraction of sp³-hybridized carbons (Fsp3) is 0.333. The number of rotatable bonds is 3. The number of aromatic nitrogens is 1. The van der Waals surface area contributed by atoms with Crippen LogP contribution >= 0.6 is 22.9 Å². The zero-order valence-corrected chi connectivity index (χ0v) is 11.6. The molecule has 0 radical (unpaired) electrons. The van der Waals surface area contributed by atoms with Gasteiger partial charge in [-0.25, -0.2) is 4.98 Å². The van der Waals surface area contributed by atoms with Gasteiger partial charge in [-0.2, -0.15) is 0 Å². The second-order valence-corrected chi connectivity index (χ2v) is 6.12. The molecule has 0 saturated carbocycles. The molecule has 0 bridgehead atoms. The lowest BCUT2D eigenvalue weighted by Crippen LogP contribution is -2.37. The molecule has 0 aliphatic heterocycles. The molecule has 1 amide bonds. The van der Waals surface area contributed by atoms with Gasteiger partial charge in [0.2, 0.25) is 0 Å². The second kappa shape index (κ2) is 4.84. The molecule has 0 aliphatic carbocycles. The van der Waals surface area contributed by atoms with Crippen molar-refractivity contribution in [3.05, 3.63) is 28.4 Å². The molecule has 4 nitrogen and oxygen atoms in total. The SMILES string of the molecule is CC(C)(O)CNC(=O)c1cc2cnc(Cl)cc2s1. The van der Waals surface area contributed by atoms with Gasteiger partial charge in [0.15, 0.2) is 0 Å². The van der Waals surface area contributed by atoms with Crippen molar-refractivity contribution in [1.29, 1.82) is 0 Å². The van der Waals surface area contributed by atoms with E-state index in [9.17, 15) is 9.90 Å². The smallest absolute Gasteiger partial charge is 0.261 e. The van der Waals surface area contributed by atoms with E-state index in [1.807, 2.05) is 0 Å². The van der Waals surface area contributed by atoms with Gasteiger partial charge in [0.1, 0.15) is 5.15 Å². The summed E-state index contributed by atoms with van der Waals surface area (Å²) in [6.45, 7) is 3.49. The van der Waals surface area contributed by atoms with Gasteiger partial charge in [-0.15, -0.1) is 11.3 Å². The number of halogens is 1. The lowest BCUT2D eigenvalue weighted by atomic mass is 10.1. The Kier molecular flexibility index (Phi) is 3.56. The highest BCUT2D eigenvalue weighted by molar-refractivity contribution is 7.20. The average molecular weight is 285 g/mol. The van der Waals surface area contributed by atoms with Crippen LogP contribution in [0.3, 0.4) is 0 Å². The maximum atomic E-state index is 11.9. The number of hydrogen-bond acceptors (Lipinski definition) is 4. The van der Waals surface area contributed by atoms with Gasteiger partial charge in [-0.05, 0) is 26.0 Å². The van der Waals surface area contributed by atoms with Crippen LogP contribution in [0.4, 0.5) is 0 Å². The summed E-state index contributed by atoms with van der Waals surface area (Å²) in [7, 11) is 0. The minimum absolute atomic E-state index is 0.200. The van der Waals surface area contributed by atoms with Gasteiger partial charge in [0, 0.05) is 22.8 Å². The molecule has 18 heavy (non-hydrogen) atoms. The van der Waals surface area contributed by atoms with Crippen LogP contribution in [0.1, 0.15) is 23.5 Å². The fourth-order valence-electron chi connectivity index (χ4n) is 1.41. The van der Waals surface area contributed by atoms with Crippen LogP contribution in [-0.4, -0.2) is 28.1 Å². The van der Waals surface area contributed by atoms with Gasteiger partial charge in [0.05, 0.1) is 10.5 Å². The predicted octanol–water partition coefficient (Wildman–Crippen LogP) is 2.45. The van der Waals surface area contributed by atoms with Crippen LogP contribution in [0.2, 0.25) is 5.15 Å². The van der Waals surface area contributed by atoms with Crippen molar-refractivity contribution in [2.24, 2.45) is 0 Å². The highest BCUT2D eigenvalue weighted by atomic mass is 35.5. The molecule has 0 aliphatic rings. The zero-order valence-electron chi connectivity index (χ0n) is 10.0. The Hall–Kier alpha value is -1.17. The van der Waals surface area contributed by atoms with E-state index in [2.05, 4.69) is 10.3 Å². The largest absolute Gasteiger partial charge is 0.389 e. The molecule has 6 heteroatoms. The molecule has 0 unspecified atom stereocenters. The summed E-state index contributed by atoms with van der Waals surface area (Å²) in [5.74, 6) is -0.200. The first-order valence-electron chi connectivity index (χ1n) is 5.41. The normalized spacial score (nSPS) is 11.8. The Bertz CT molecular complexity index is 589. The maximum Gasteiger partial charge on any atom is 0.261 e. The molecule has 2 aromatic rings. The van der Waals surface area contributed by atoms with Crippen LogP contribution in [0, 0.1) is 0 Å². The van der Waals surface area contributed by atoms with E-state index >= 15 is 0 Å². The lowest BCUT2D eigenvalue weighted by Gasteiger charge is -2.17. The molecule has 0 fully saturated rings. The molecule has 2 N–H and O–H groups in total. The summed E-state index contributed by atoms with van der Waals surface area (Å²) in [5, 5.41) is 13.5. The lowest BCUT2D eigenvalue weighted by molar-refractivity contribution is 0.0696. The summed E-state index contributed by atoms with van der Waals surface area (Å²) in [6.07, 6.45) is 1.64. The highest BCUT2D eigenvalue weighted by Crippen LogP contribution is 2.26. The predicted molar refractivity (Wildman–Crippen MR) is 73.3 cm³/mol. The summed E-state index contributed by atoms with van der Waals surface area (Å²) < 4.78 is 0.920. The number of carbonyl (C=O) groups excluding carboxylic acids is 1. The van der Waals surface area contributed by atoms with Crippen LogP contribution in [0.15, 0.2) is 18.3 Å². The minimum Gasteiger partial charge on any atom is -0.389 e. The third kappa shape index (κ3) is 3.19.